The summed E-state index contributed by atoms with van der Waals surface area (Å²) in [5.74, 6) is 0.708. The molecular formula is C41H64N2. The van der Waals surface area contributed by atoms with E-state index in [0.29, 0.717) is 5.82 Å². The molecule has 1 aromatic heterocycles. The minimum atomic E-state index is 0.708. The molecule has 238 valence electrons. The first-order valence-electron chi connectivity index (χ1n) is 15.6. The average molecular weight is 585 g/mol. The molecule has 0 unspecified atom stereocenters. The molecule has 1 rings (SSSR count). The number of hydrogen-bond donors (Lipinski definition) is 0. The van der Waals surface area contributed by atoms with Gasteiger partial charge in [0.25, 0.3) is 0 Å². The summed E-state index contributed by atoms with van der Waals surface area (Å²) in [6.45, 7) is 43.9. The second-order valence-electron chi connectivity index (χ2n) is 8.78. The smallest absolute Gasteiger partial charge is 0.159 e. The van der Waals surface area contributed by atoms with E-state index >= 15 is 0 Å². The van der Waals surface area contributed by atoms with Gasteiger partial charge in [-0.2, -0.15) is 0 Å². The Balaban J connectivity index is -0.000000602. The lowest BCUT2D eigenvalue weighted by atomic mass is 9.97. The van der Waals surface area contributed by atoms with Crippen molar-refractivity contribution in [2.24, 2.45) is 0 Å². The largest absolute Gasteiger partial charge is 0.232 e. The summed E-state index contributed by atoms with van der Waals surface area (Å²) in [5, 5.41) is 0. The molecule has 0 saturated carbocycles. The molecule has 0 radical (unpaired) electrons. The number of hydrogen-bond acceptors (Lipinski definition) is 2. The van der Waals surface area contributed by atoms with Crippen molar-refractivity contribution >= 4 is 11.6 Å². The topological polar surface area (TPSA) is 25.8 Å². The van der Waals surface area contributed by atoms with Crippen LogP contribution in [0.4, 0.5) is 0 Å². The van der Waals surface area contributed by atoms with E-state index in [2.05, 4.69) is 97.5 Å². The first kappa shape index (κ1) is 46.2. The Kier molecular flexibility index (Phi) is 35.2. The number of aromatic nitrogens is 2. The number of unbranched alkanes of at least 4 members (excludes halogenated alkanes) is 1. The van der Waals surface area contributed by atoms with Gasteiger partial charge in [0.2, 0.25) is 0 Å². The summed E-state index contributed by atoms with van der Waals surface area (Å²) < 4.78 is 0. The highest BCUT2D eigenvalue weighted by molar-refractivity contribution is 5.73. The number of allylic oxidation sites excluding steroid dienone is 15. The van der Waals surface area contributed by atoms with E-state index in [9.17, 15) is 0 Å². The van der Waals surface area contributed by atoms with E-state index in [-0.39, 0.29) is 0 Å². The zero-order chi connectivity index (χ0) is 34.2. The molecule has 43 heavy (non-hydrogen) atoms. The van der Waals surface area contributed by atoms with E-state index in [1.807, 2.05) is 72.8 Å². The van der Waals surface area contributed by atoms with Gasteiger partial charge in [-0.25, -0.2) is 9.97 Å². The van der Waals surface area contributed by atoms with Crippen LogP contribution in [-0.4, -0.2) is 9.97 Å². The van der Waals surface area contributed by atoms with Gasteiger partial charge in [-0.15, -0.1) is 19.7 Å². The molecule has 2 heteroatoms. The lowest BCUT2D eigenvalue weighted by molar-refractivity contribution is 0.886. The predicted molar refractivity (Wildman–Crippen MR) is 202 cm³/mol. The molecule has 0 N–H and O–H groups in total. The highest BCUT2D eigenvalue weighted by Crippen LogP contribution is 2.24. The monoisotopic (exact) mass is 585 g/mol. The fourth-order valence-electron chi connectivity index (χ4n) is 3.31. The minimum Gasteiger partial charge on any atom is -0.232 e. The van der Waals surface area contributed by atoms with Crippen LogP contribution in [0.5, 0.6) is 0 Å². The summed E-state index contributed by atoms with van der Waals surface area (Å²) in [6, 6.07) is 0. The first-order valence-corrected chi connectivity index (χ1v) is 15.6. The van der Waals surface area contributed by atoms with Gasteiger partial charge in [0.1, 0.15) is 0 Å². The Hall–Kier alpha value is -3.78. The summed E-state index contributed by atoms with van der Waals surface area (Å²) in [6.07, 6.45) is 26.5. The molecule has 0 amide bonds. The van der Waals surface area contributed by atoms with Crippen molar-refractivity contribution in [2.45, 2.75) is 102 Å². The molecular weight excluding hydrogens is 520 g/mol. The van der Waals surface area contributed by atoms with E-state index in [0.717, 1.165) is 57.7 Å². The van der Waals surface area contributed by atoms with Gasteiger partial charge < -0.3 is 0 Å². The molecule has 2 nitrogen and oxygen atoms in total. The molecule has 0 atom stereocenters. The Bertz CT molecular complexity index is 1110. The van der Waals surface area contributed by atoms with Crippen molar-refractivity contribution in [3.05, 3.63) is 145 Å². The Morgan fingerprint density at radius 1 is 0.767 bits per heavy atom. The second-order valence-corrected chi connectivity index (χ2v) is 8.78. The third kappa shape index (κ3) is 19.9. The maximum absolute atomic E-state index is 4.87. The van der Waals surface area contributed by atoms with Gasteiger partial charge in [0.05, 0.1) is 11.4 Å². The quantitative estimate of drug-likeness (QED) is 0.180. The van der Waals surface area contributed by atoms with Crippen molar-refractivity contribution < 1.29 is 0 Å². The summed E-state index contributed by atoms with van der Waals surface area (Å²) in [4.78, 5) is 9.64. The fourth-order valence-corrected chi connectivity index (χ4v) is 3.31. The first-order chi connectivity index (χ1) is 20.7. The summed E-state index contributed by atoms with van der Waals surface area (Å²) in [7, 11) is 0. The van der Waals surface area contributed by atoms with E-state index in [1.54, 1.807) is 12.2 Å². The van der Waals surface area contributed by atoms with Crippen molar-refractivity contribution in [1.29, 1.82) is 0 Å². The van der Waals surface area contributed by atoms with Crippen LogP contribution in [0.1, 0.15) is 111 Å². The lowest BCUT2D eigenvalue weighted by Crippen LogP contribution is -2.04. The lowest BCUT2D eigenvalue weighted by Gasteiger charge is -2.12. The van der Waals surface area contributed by atoms with Crippen LogP contribution >= 0.6 is 0 Å². The summed E-state index contributed by atoms with van der Waals surface area (Å²) in [5.41, 5.74) is 8.32. The molecule has 0 spiro atoms. The predicted octanol–water partition coefficient (Wildman–Crippen LogP) is 13.3. The maximum Gasteiger partial charge on any atom is 0.159 e. The van der Waals surface area contributed by atoms with E-state index in [1.165, 1.54) is 12.8 Å². The van der Waals surface area contributed by atoms with Crippen LogP contribution < -0.4 is 0 Å². The van der Waals surface area contributed by atoms with Gasteiger partial charge >= 0.3 is 0 Å². The SMILES string of the molecule is C=C.C=CC.C=CC(=C\C(=C/C)C(\C=C)=C\CC)/C(C)=C/C(=C\C)c1nc(C=C)c(C)c(C/C=C\C)n1.CC.CCCC. The van der Waals surface area contributed by atoms with Gasteiger partial charge in [-0.3, -0.25) is 0 Å². The van der Waals surface area contributed by atoms with Crippen molar-refractivity contribution in [3.8, 4) is 0 Å². The van der Waals surface area contributed by atoms with Crippen LogP contribution in [0.15, 0.2) is 123 Å². The zero-order valence-corrected chi connectivity index (χ0v) is 29.8. The van der Waals surface area contributed by atoms with Gasteiger partial charge in [0, 0.05) is 12.0 Å². The van der Waals surface area contributed by atoms with Crippen LogP contribution in [0.2, 0.25) is 0 Å². The normalized spacial score (nSPS) is 11.7. The van der Waals surface area contributed by atoms with Crippen LogP contribution in [0, 0.1) is 6.92 Å². The van der Waals surface area contributed by atoms with Crippen LogP contribution in [0.25, 0.3) is 11.6 Å². The van der Waals surface area contributed by atoms with Crippen LogP contribution in [-0.2, 0) is 6.42 Å². The van der Waals surface area contributed by atoms with E-state index in [4.69, 9.17) is 9.97 Å². The molecule has 0 aliphatic carbocycles. The van der Waals surface area contributed by atoms with Crippen molar-refractivity contribution in [1.82, 2.24) is 9.97 Å². The third-order valence-corrected chi connectivity index (χ3v) is 5.74. The maximum atomic E-state index is 4.87. The Morgan fingerprint density at radius 3 is 1.67 bits per heavy atom. The molecule has 1 heterocycles. The molecule has 0 aliphatic heterocycles. The molecule has 0 fully saturated rings. The van der Waals surface area contributed by atoms with Crippen LogP contribution in [0.3, 0.4) is 0 Å². The van der Waals surface area contributed by atoms with E-state index < -0.39 is 0 Å². The summed E-state index contributed by atoms with van der Waals surface area (Å²) >= 11 is 0. The third-order valence-electron chi connectivity index (χ3n) is 5.74. The molecule has 1 aromatic rings. The minimum absolute atomic E-state index is 0.708. The van der Waals surface area contributed by atoms with Crippen molar-refractivity contribution in [2.75, 3.05) is 0 Å². The Labute approximate surface area is 268 Å². The van der Waals surface area contributed by atoms with Crippen molar-refractivity contribution in [3.63, 3.8) is 0 Å². The van der Waals surface area contributed by atoms with Gasteiger partial charge in [-0.1, -0.05) is 116 Å². The molecule has 0 bridgehead atoms. The molecule has 0 saturated heterocycles. The number of rotatable bonds is 12. The highest BCUT2D eigenvalue weighted by Gasteiger charge is 2.11. The van der Waals surface area contributed by atoms with Gasteiger partial charge in [0.15, 0.2) is 5.82 Å². The number of nitrogens with zero attached hydrogens (tertiary/aromatic N) is 2. The Morgan fingerprint density at radius 2 is 1.30 bits per heavy atom. The standard InChI is InChI=1S/C30H38N2.C4H10.C3H6.C2H6.C2H4/c1-10-17-19-29-23(9)28(16-7)31-30(32-29)27(15-6)20-22(8)25(13-4)21-26(14-5)24(12-3)18-11-2;1-3-4-2;1-3-2;2*1-2/h10,12-18,20-21H,3-4,7,11,19H2,1-2,5-6,8-9H3;3-4H2,1-2H3;3H,1H2,2H3;1-2H3;1-2H2/b17-10-,22-20+,24-18+,25-21+,26-14+,27-15+;;;;. The second kappa shape index (κ2) is 32.7. The molecule has 0 aliphatic rings. The average Bonchev–Trinajstić information content (AvgIpc) is 3.05. The molecule has 0 aromatic carbocycles. The highest BCUT2D eigenvalue weighted by atomic mass is 14.9. The fraction of sp³-hybridized carbons (Fsp3) is 0.366. The van der Waals surface area contributed by atoms with Gasteiger partial charge in [-0.05, 0) is 94.0 Å². The zero-order valence-electron chi connectivity index (χ0n) is 29.8.